The van der Waals surface area contributed by atoms with Gasteiger partial charge in [0.2, 0.25) is 0 Å². The first-order valence-electron chi connectivity index (χ1n) is 7.79. The van der Waals surface area contributed by atoms with Gasteiger partial charge in [-0.1, -0.05) is 38.1 Å². The van der Waals surface area contributed by atoms with Crippen molar-refractivity contribution in [2.24, 2.45) is 0 Å². The average molecular weight is 322 g/mol. The van der Waals surface area contributed by atoms with E-state index in [1.165, 1.54) is 0 Å². The first-order chi connectivity index (χ1) is 12.0. The van der Waals surface area contributed by atoms with Crippen LogP contribution in [-0.4, -0.2) is 0 Å². The molecule has 0 fully saturated rings. The third kappa shape index (κ3) is 2.33. The maximum atomic E-state index is 9.15. The lowest BCUT2D eigenvalue weighted by Gasteiger charge is -2.22. The van der Waals surface area contributed by atoms with Gasteiger partial charge in [0.1, 0.15) is 5.56 Å². The van der Waals surface area contributed by atoms with E-state index in [4.69, 9.17) is 23.7 Å². The van der Waals surface area contributed by atoms with E-state index >= 15 is 0 Å². The summed E-state index contributed by atoms with van der Waals surface area (Å²) in [6, 6.07) is 15.5. The van der Waals surface area contributed by atoms with Crippen LogP contribution in [0.15, 0.2) is 36.4 Å². The summed E-state index contributed by atoms with van der Waals surface area (Å²) in [6.45, 7) is 18.6. The second kappa shape index (κ2) is 5.79. The fraction of sp³-hybridized carbons (Fsp3) is 0.238. The Bertz CT molecular complexity index is 924. The Hall–Kier alpha value is -3.60. The molecule has 4 heteroatoms. The molecule has 0 atom stereocenters. The molecule has 1 aliphatic rings. The number of hydrogen-bond acceptors (Lipinski definition) is 2. The van der Waals surface area contributed by atoms with E-state index in [0.29, 0.717) is 11.1 Å². The van der Waals surface area contributed by atoms with E-state index in [0.717, 1.165) is 22.3 Å². The smallest absolute Gasteiger partial charge is 0.228 e. The molecule has 4 nitrogen and oxygen atoms in total. The molecule has 0 bridgehead atoms. The van der Waals surface area contributed by atoms with Gasteiger partial charge in [0.15, 0.2) is 5.92 Å². The molecule has 118 valence electrons. The number of hydrogen-bond donors (Lipinski definition) is 0. The van der Waals surface area contributed by atoms with Crippen molar-refractivity contribution in [2.75, 3.05) is 0 Å². The molecule has 0 aliphatic heterocycles. The van der Waals surface area contributed by atoms with Crippen LogP contribution in [-0.2, 0) is 5.41 Å². The van der Waals surface area contributed by atoms with E-state index in [1.54, 1.807) is 0 Å². The normalized spacial score (nSPS) is 13.3. The lowest BCUT2D eigenvalue weighted by molar-refractivity contribution is 0.658. The molecule has 0 heterocycles. The van der Waals surface area contributed by atoms with Gasteiger partial charge in [0.05, 0.1) is 12.1 Å². The lowest BCUT2D eigenvalue weighted by Crippen LogP contribution is -2.16. The zero-order valence-corrected chi connectivity index (χ0v) is 13.9. The summed E-state index contributed by atoms with van der Waals surface area (Å²) in [4.78, 5) is 6.76. The molecule has 0 spiro atoms. The zero-order chi connectivity index (χ0) is 18.2. The van der Waals surface area contributed by atoms with Crippen LogP contribution in [0.3, 0.4) is 0 Å². The van der Waals surface area contributed by atoms with Crippen molar-refractivity contribution in [1.82, 2.24) is 0 Å². The summed E-state index contributed by atoms with van der Waals surface area (Å²) in [5.41, 5.74) is 5.37. The van der Waals surface area contributed by atoms with Crippen molar-refractivity contribution in [1.29, 1.82) is 10.5 Å². The Morgan fingerprint density at radius 3 is 1.84 bits per heavy atom. The highest BCUT2D eigenvalue weighted by atomic mass is 14.9. The number of rotatable bonds is 2. The minimum Gasteiger partial charge on any atom is -0.228 e. The highest BCUT2D eigenvalue weighted by Gasteiger charge is 2.37. The molecule has 2 aromatic rings. The number of nitriles is 2. The van der Waals surface area contributed by atoms with Crippen LogP contribution in [0.2, 0.25) is 0 Å². The summed E-state index contributed by atoms with van der Waals surface area (Å²) in [7, 11) is 0. The molecular formula is C21H14N4. The first kappa shape index (κ1) is 16.3. The van der Waals surface area contributed by atoms with Gasteiger partial charge < -0.3 is 0 Å². The Labute approximate surface area is 147 Å². The minimum absolute atomic E-state index is 0.319. The molecule has 2 aromatic carbocycles. The van der Waals surface area contributed by atoms with Gasteiger partial charge in [-0.2, -0.15) is 10.5 Å². The van der Waals surface area contributed by atoms with E-state index in [2.05, 4.69) is 23.5 Å². The second-order valence-electron chi connectivity index (χ2n) is 6.56. The third-order valence-electron chi connectivity index (χ3n) is 4.86. The second-order valence-corrected chi connectivity index (χ2v) is 6.56. The fourth-order valence-corrected chi connectivity index (χ4v) is 3.47. The Kier molecular flexibility index (Phi) is 3.77. The van der Waals surface area contributed by atoms with Crippen molar-refractivity contribution in [3.8, 4) is 23.3 Å². The Balaban J connectivity index is 2.18. The summed E-state index contributed by atoms with van der Waals surface area (Å²) in [5, 5.41) is 18.3. The zero-order valence-electron chi connectivity index (χ0n) is 13.9. The molecule has 25 heavy (non-hydrogen) atoms. The van der Waals surface area contributed by atoms with Gasteiger partial charge in [0, 0.05) is 5.41 Å². The first-order valence-corrected chi connectivity index (χ1v) is 7.79. The summed E-state index contributed by atoms with van der Waals surface area (Å²) < 4.78 is 0. The quantitative estimate of drug-likeness (QED) is 0.734. The summed E-state index contributed by atoms with van der Waals surface area (Å²) >= 11 is 0. The van der Waals surface area contributed by atoms with Gasteiger partial charge in [-0.25, -0.2) is 22.8 Å². The van der Waals surface area contributed by atoms with Gasteiger partial charge in [-0.3, -0.25) is 0 Å². The molecule has 0 N–H and O–H groups in total. The monoisotopic (exact) mass is 322 g/mol. The standard InChI is InChI=1S/C21H14N4/c1-21(2)18-9-13(15(11-22)12-23)5-7-16(18)17-8-6-14(10-19(17)21)20(24-3)25-4/h5-10,15,20H,1-2H3. The molecule has 3 rings (SSSR count). The van der Waals surface area contributed by atoms with Crippen molar-refractivity contribution in [3.05, 3.63) is 81.5 Å². The summed E-state index contributed by atoms with van der Waals surface area (Å²) in [6.07, 6.45) is -0.818. The maximum absolute atomic E-state index is 9.15. The Morgan fingerprint density at radius 1 is 0.880 bits per heavy atom. The van der Waals surface area contributed by atoms with E-state index in [-0.39, 0.29) is 5.41 Å². The number of fused-ring (bicyclic) bond motifs is 3. The lowest BCUT2D eigenvalue weighted by atomic mass is 9.80. The highest BCUT2D eigenvalue weighted by molar-refractivity contribution is 5.81. The SMILES string of the molecule is [C-]#[N+]C([N+]#[C-])c1ccc2c(c1)C(C)(C)c1cc(C(C#N)C#N)ccc1-2. The topological polar surface area (TPSA) is 56.3 Å². The largest absolute Gasteiger partial charge is 0.502 e. The van der Waals surface area contributed by atoms with Crippen molar-refractivity contribution >= 4 is 0 Å². The maximum Gasteiger partial charge on any atom is 0.502 e. The van der Waals surface area contributed by atoms with Crippen LogP contribution >= 0.6 is 0 Å². The molecule has 0 aromatic heterocycles. The molecule has 0 radical (unpaired) electrons. The highest BCUT2D eigenvalue weighted by Crippen LogP contribution is 2.50. The fourth-order valence-electron chi connectivity index (χ4n) is 3.47. The van der Waals surface area contributed by atoms with Gasteiger partial charge in [0.25, 0.3) is 0 Å². The molecule has 0 amide bonds. The Morgan fingerprint density at radius 2 is 1.36 bits per heavy atom. The van der Waals surface area contributed by atoms with E-state index in [9.17, 15) is 0 Å². The van der Waals surface area contributed by atoms with Crippen LogP contribution in [0.1, 0.15) is 48.2 Å². The van der Waals surface area contributed by atoms with Crippen LogP contribution in [0.4, 0.5) is 0 Å². The van der Waals surface area contributed by atoms with Crippen LogP contribution in [0.5, 0.6) is 0 Å². The van der Waals surface area contributed by atoms with Gasteiger partial charge in [-0.15, -0.1) is 0 Å². The molecule has 0 saturated heterocycles. The van der Waals surface area contributed by atoms with Crippen LogP contribution in [0.25, 0.3) is 20.8 Å². The predicted octanol–water partition coefficient (Wildman–Crippen LogP) is 4.96. The van der Waals surface area contributed by atoms with E-state index in [1.807, 2.05) is 48.5 Å². The van der Waals surface area contributed by atoms with Gasteiger partial charge >= 0.3 is 6.17 Å². The van der Waals surface area contributed by atoms with Crippen molar-refractivity contribution in [2.45, 2.75) is 31.3 Å². The van der Waals surface area contributed by atoms with Crippen LogP contribution < -0.4 is 0 Å². The molecule has 0 saturated carbocycles. The number of benzene rings is 2. The summed E-state index contributed by atoms with van der Waals surface area (Å²) in [5.74, 6) is -0.783. The van der Waals surface area contributed by atoms with E-state index < -0.39 is 12.1 Å². The van der Waals surface area contributed by atoms with Crippen molar-refractivity contribution in [3.63, 3.8) is 0 Å². The molecular weight excluding hydrogens is 308 g/mol. The third-order valence-corrected chi connectivity index (χ3v) is 4.86. The predicted molar refractivity (Wildman–Crippen MR) is 93.9 cm³/mol. The molecule has 0 unspecified atom stereocenters. The average Bonchev–Trinajstić information content (AvgIpc) is 2.85. The minimum atomic E-state index is -0.818. The van der Waals surface area contributed by atoms with Crippen LogP contribution in [0, 0.1) is 35.8 Å². The number of nitrogens with zero attached hydrogens (tertiary/aromatic N) is 4. The van der Waals surface area contributed by atoms with Gasteiger partial charge in [-0.05, 0) is 39.9 Å². The molecule has 1 aliphatic carbocycles. The van der Waals surface area contributed by atoms with Crippen molar-refractivity contribution < 1.29 is 0 Å².